The van der Waals surface area contributed by atoms with Crippen LogP contribution in [-0.4, -0.2) is 26.7 Å². The number of piperidine rings is 1. The fraction of sp³-hybridized carbons (Fsp3) is 0.647. The molecule has 1 N–H and O–H groups in total. The second kappa shape index (κ2) is 6.95. The van der Waals surface area contributed by atoms with Gasteiger partial charge in [0, 0.05) is 19.3 Å². The van der Waals surface area contributed by atoms with Crippen molar-refractivity contribution in [3.8, 4) is 0 Å². The smallest absolute Gasteiger partial charge is 0.0428 e. The first-order chi connectivity index (χ1) is 9.26. The molecule has 1 heterocycles. The lowest BCUT2D eigenvalue weighted by atomic mass is 9.96. The molecule has 1 aliphatic heterocycles. The van der Waals surface area contributed by atoms with Crippen LogP contribution in [0.2, 0.25) is 0 Å². The average Bonchev–Trinajstić information content (AvgIpc) is 2.47. The molecule has 1 fully saturated rings. The van der Waals surface area contributed by atoms with Gasteiger partial charge in [0.2, 0.25) is 0 Å². The predicted octanol–water partition coefficient (Wildman–Crippen LogP) is 3.25. The quantitative estimate of drug-likeness (QED) is 0.874. The average molecular weight is 260 g/mol. The molecule has 0 unspecified atom stereocenters. The van der Waals surface area contributed by atoms with Gasteiger partial charge < -0.3 is 10.2 Å². The van der Waals surface area contributed by atoms with Crippen molar-refractivity contribution in [3.05, 3.63) is 29.3 Å². The predicted molar refractivity (Wildman–Crippen MR) is 84.1 cm³/mol. The Labute approximate surface area is 118 Å². The van der Waals surface area contributed by atoms with Gasteiger partial charge in [0.1, 0.15) is 0 Å². The fourth-order valence-electron chi connectivity index (χ4n) is 3.25. The minimum absolute atomic E-state index is 0.848. The van der Waals surface area contributed by atoms with E-state index in [1.165, 1.54) is 49.3 Å². The van der Waals surface area contributed by atoms with Crippen LogP contribution >= 0.6 is 0 Å². The van der Waals surface area contributed by atoms with Gasteiger partial charge in [-0.05, 0) is 55.8 Å². The topological polar surface area (TPSA) is 15.3 Å². The van der Waals surface area contributed by atoms with Crippen molar-refractivity contribution in [2.24, 2.45) is 5.92 Å². The molecule has 2 heteroatoms. The van der Waals surface area contributed by atoms with Crippen LogP contribution in [0.3, 0.4) is 0 Å². The Hall–Kier alpha value is -1.02. The summed E-state index contributed by atoms with van der Waals surface area (Å²) < 4.78 is 0. The van der Waals surface area contributed by atoms with Crippen LogP contribution in [0.4, 0.5) is 5.69 Å². The summed E-state index contributed by atoms with van der Waals surface area (Å²) in [6.07, 6.45) is 4.89. The molecule has 1 aliphatic rings. The van der Waals surface area contributed by atoms with Crippen LogP contribution in [0.1, 0.15) is 37.8 Å². The van der Waals surface area contributed by atoms with Gasteiger partial charge in [0.05, 0.1) is 0 Å². The molecular formula is C17H28N2. The minimum Gasteiger partial charge on any atom is -0.374 e. The molecule has 0 aromatic heterocycles. The molecular weight excluding hydrogens is 232 g/mol. The third-order valence-corrected chi connectivity index (χ3v) is 4.34. The third-order valence-electron chi connectivity index (χ3n) is 4.34. The zero-order valence-corrected chi connectivity index (χ0v) is 12.7. The summed E-state index contributed by atoms with van der Waals surface area (Å²) in [5.41, 5.74) is 4.48. The molecule has 0 aliphatic carbocycles. The molecule has 106 valence electrons. The van der Waals surface area contributed by atoms with Gasteiger partial charge in [-0.3, -0.25) is 0 Å². The van der Waals surface area contributed by atoms with Crippen LogP contribution in [0.5, 0.6) is 0 Å². The summed E-state index contributed by atoms with van der Waals surface area (Å²) in [7, 11) is 2.27. The van der Waals surface area contributed by atoms with Crippen molar-refractivity contribution < 1.29 is 0 Å². The molecule has 1 aromatic rings. The van der Waals surface area contributed by atoms with Crippen molar-refractivity contribution in [2.75, 3.05) is 31.6 Å². The lowest BCUT2D eigenvalue weighted by Gasteiger charge is -2.31. The molecule has 19 heavy (non-hydrogen) atoms. The molecule has 0 saturated carbocycles. The van der Waals surface area contributed by atoms with Gasteiger partial charge in [0.15, 0.2) is 0 Å². The van der Waals surface area contributed by atoms with E-state index in [1.54, 1.807) is 0 Å². The minimum atomic E-state index is 0.848. The Bertz CT molecular complexity index is 372. The van der Waals surface area contributed by atoms with Crippen molar-refractivity contribution >= 4 is 5.69 Å². The highest BCUT2D eigenvalue weighted by molar-refractivity contribution is 5.59. The lowest BCUT2D eigenvalue weighted by molar-refractivity contribution is 0.377. The van der Waals surface area contributed by atoms with E-state index in [0.717, 1.165) is 18.8 Å². The SMILES string of the molecule is CCc1cccc(CC)c1N(C)CC1CCNCC1. The maximum Gasteiger partial charge on any atom is 0.0428 e. The molecule has 1 aromatic carbocycles. The van der Waals surface area contributed by atoms with Crippen LogP contribution in [0.25, 0.3) is 0 Å². The van der Waals surface area contributed by atoms with E-state index in [9.17, 15) is 0 Å². The number of nitrogens with zero attached hydrogens (tertiary/aromatic N) is 1. The van der Waals surface area contributed by atoms with Crippen molar-refractivity contribution in [3.63, 3.8) is 0 Å². The number of benzene rings is 1. The lowest BCUT2D eigenvalue weighted by Crippen LogP contribution is -2.35. The second-order valence-corrected chi connectivity index (χ2v) is 5.71. The highest BCUT2D eigenvalue weighted by Crippen LogP contribution is 2.27. The number of rotatable bonds is 5. The van der Waals surface area contributed by atoms with E-state index in [-0.39, 0.29) is 0 Å². The number of hydrogen-bond donors (Lipinski definition) is 1. The first-order valence-corrected chi connectivity index (χ1v) is 7.78. The molecule has 2 rings (SSSR count). The summed E-state index contributed by atoms with van der Waals surface area (Å²) in [5.74, 6) is 0.848. The van der Waals surface area contributed by atoms with Crippen molar-refractivity contribution in [2.45, 2.75) is 39.5 Å². The van der Waals surface area contributed by atoms with Crippen LogP contribution < -0.4 is 10.2 Å². The van der Waals surface area contributed by atoms with E-state index in [1.807, 2.05) is 0 Å². The molecule has 0 radical (unpaired) electrons. The van der Waals surface area contributed by atoms with Gasteiger partial charge in [-0.25, -0.2) is 0 Å². The van der Waals surface area contributed by atoms with E-state index < -0.39 is 0 Å². The Morgan fingerprint density at radius 2 is 1.68 bits per heavy atom. The van der Waals surface area contributed by atoms with E-state index in [2.05, 4.69) is 49.3 Å². The number of nitrogens with one attached hydrogen (secondary N) is 1. The van der Waals surface area contributed by atoms with Gasteiger partial charge in [-0.1, -0.05) is 32.0 Å². The molecule has 0 spiro atoms. The summed E-state index contributed by atoms with van der Waals surface area (Å²) in [6.45, 7) is 8.10. The van der Waals surface area contributed by atoms with E-state index in [0.29, 0.717) is 0 Å². The normalized spacial score (nSPS) is 16.6. The molecule has 0 amide bonds. The number of para-hydroxylation sites is 1. The summed E-state index contributed by atoms with van der Waals surface area (Å²) in [5, 5.41) is 3.45. The maximum absolute atomic E-state index is 3.45. The number of anilines is 1. The summed E-state index contributed by atoms with van der Waals surface area (Å²) in [6, 6.07) is 6.78. The first kappa shape index (κ1) is 14.4. The Balaban J connectivity index is 2.14. The molecule has 1 saturated heterocycles. The van der Waals surface area contributed by atoms with Crippen LogP contribution in [0, 0.1) is 5.92 Å². The van der Waals surface area contributed by atoms with Crippen molar-refractivity contribution in [1.29, 1.82) is 0 Å². The van der Waals surface area contributed by atoms with E-state index in [4.69, 9.17) is 0 Å². The zero-order valence-electron chi connectivity index (χ0n) is 12.7. The monoisotopic (exact) mass is 260 g/mol. The number of hydrogen-bond acceptors (Lipinski definition) is 2. The van der Waals surface area contributed by atoms with Gasteiger partial charge in [0.25, 0.3) is 0 Å². The van der Waals surface area contributed by atoms with Crippen LogP contribution in [-0.2, 0) is 12.8 Å². The maximum atomic E-state index is 3.45. The Morgan fingerprint density at radius 3 is 2.21 bits per heavy atom. The highest BCUT2D eigenvalue weighted by Gasteiger charge is 2.17. The zero-order chi connectivity index (χ0) is 13.7. The Kier molecular flexibility index (Phi) is 5.26. The standard InChI is InChI=1S/C17H28N2/c1-4-15-7-6-8-16(5-2)17(15)19(3)13-14-9-11-18-12-10-14/h6-8,14,18H,4-5,9-13H2,1-3H3. The highest BCUT2D eigenvalue weighted by atomic mass is 15.1. The van der Waals surface area contributed by atoms with Crippen molar-refractivity contribution in [1.82, 2.24) is 5.32 Å². The first-order valence-electron chi connectivity index (χ1n) is 7.78. The summed E-state index contributed by atoms with van der Waals surface area (Å²) in [4.78, 5) is 2.51. The second-order valence-electron chi connectivity index (χ2n) is 5.71. The molecule has 0 atom stereocenters. The van der Waals surface area contributed by atoms with Gasteiger partial charge >= 0.3 is 0 Å². The Morgan fingerprint density at radius 1 is 1.11 bits per heavy atom. The van der Waals surface area contributed by atoms with Gasteiger partial charge in [-0.15, -0.1) is 0 Å². The summed E-state index contributed by atoms with van der Waals surface area (Å²) >= 11 is 0. The third kappa shape index (κ3) is 3.50. The molecule has 0 bridgehead atoms. The number of aryl methyl sites for hydroxylation is 2. The van der Waals surface area contributed by atoms with E-state index >= 15 is 0 Å². The largest absolute Gasteiger partial charge is 0.374 e. The van der Waals surface area contributed by atoms with Crippen LogP contribution in [0.15, 0.2) is 18.2 Å². The molecule has 2 nitrogen and oxygen atoms in total. The van der Waals surface area contributed by atoms with Gasteiger partial charge in [-0.2, -0.15) is 0 Å². The fourth-order valence-corrected chi connectivity index (χ4v) is 3.25.